The van der Waals surface area contributed by atoms with E-state index in [1.54, 1.807) is 36.4 Å². The summed E-state index contributed by atoms with van der Waals surface area (Å²) in [6.07, 6.45) is 1.98. The normalized spacial score (nSPS) is 11.0. The predicted molar refractivity (Wildman–Crippen MR) is 123 cm³/mol. The van der Waals surface area contributed by atoms with Gasteiger partial charge in [-0.05, 0) is 60.4 Å². The summed E-state index contributed by atoms with van der Waals surface area (Å²) in [5, 5.41) is 2.81. The molecule has 1 amide bonds. The molecule has 0 fully saturated rings. The summed E-state index contributed by atoms with van der Waals surface area (Å²) in [7, 11) is -2.24. The Bertz CT molecular complexity index is 1130. The lowest BCUT2D eigenvalue weighted by Gasteiger charge is -2.10. The molecule has 0 atom stereocenters. The first kappa shape index (κ1) is 22.4. The monoisotopic (exact) mass is 438 g/mol. The average Bonchev–Trinajstić information content (AvgIpc) is 2.78. The zero-order valence-electron chi connectivity index (χ0n) is 17.6. The van der Waals surface area contributed by atoms with Crippen molar-refractivity contribution in [2.75, 3.05) is 17.1 Å². The van der Waals surface area contributed by atoms with Gasteiger partial charge in [-0.2, -0.15) is 0 Å². The summed E-state index contributed by atoms with van der Waals surface area (Å²) >= 11 is 0. The number of benzene rings is 3. The summed E-state index contributed by atoms with van der Waals surface area (Å²) in [5.41, 5.74) is 3.33. The lowest BCUT2D eigenvalue weighted by molar-refractivity contribution is -0.116. The Morgan fingerprint density at radius 2 is 1.58 bits per heavy atom. The summed E-state index contributed by atoms with van der Waals surface area (Å²) in [4.78, 5) is 12.3. The van der Waals surface area contributed by atoms with Crippen molar-refractivity contribution in [2.24, 2.45) is 0 Å². The van der Waals surface area contributed by atoms with Crippen LogP contribution in [0.5, 0.6) is 5.75 Å². The second-order valence-electron chi connectivity index (χ2n) is 7.08. The third-order valence-corrected chi connectivity index (χ3v) is 6.24. The highest BCUT2D eigenvalue weighted by Crippen LogP contribution is 2.21. The molecule has 6 nitrogen and oxygen atoms in total. The van der Waals surface area contributed by atoms with E-state index in [1.807, 2.05) is 12.1 Å². The summed E-state index contributed by atoms with van der Waals surface area (Å²) < 4.78 is 32.8. The molecule has 0 saturated heterocycles. The average molecular weight is 439 g/mol. The van der Waals surface area contributed by atoms with Crippen LogP contribution in [0.2, 0.25) is 0 Å². The van der Waals surface area contributed by atoms with Gasteiger partial charge in [0.25, 0.3) is 10.0 Å². The van der Waals surface area contributed by atoms with Gasteiger partial charge in [0, 0.05) is 18.2 Å². The largest absolute Gasteiger partial charge is 0.497 e. The van der Waals surface area contributed by atoms with Gasteiger partial charge in [-0.1, -0.05) is 37.3 Å². The number of hydrogen-bond donors (Lipinski definition) is 2. The van der Waals surface area contributed by atoms with Gasteiger partial charge in [-0.15, -0.1) is 0 Å². The minimum absolute atomic E-state index is 0.101. The van der Waals surface area contributed by atoms with Gasteiger partial charge in [0.05, 0.1) is 17.7 Å². The molecule has 0 radical (unpaired) electrons. The van der Waals surface area contributed by atoms with Crippen molar-refractivity contribution in [1.29, 1.82) is 0 Å². The van der Waals surface area contributed by atoms with Crippen molar-refractivity contribution in [1.82, 2.24) is 0 Å². The van der Waals surface area contributed by atoms with Gasteiger partial charge in [0.1, 0.15) is 5.75 Å². The molecule has 31 heavy (non-hydrogen) atoms. The SMILES string of the molecule is CCc1ccc(CCC(=O)Nc2ccc(S(=O)(=O)Nc3cccc(OC)c3)cc2)cc1. The second kappa shape index (κ2) is 10.1. The highest BCUT2D eigenvalue weighted by Gasteiger charge is 2.15. The van der Waals surface area contributed by atoms with E-state index in [0.29, 0.717) is 30.0 Å². The maximum atomic E-state index is 12.6. The number of hydrogen-bond acceptors (Lipinski definition) is 4. The number of carbonyl (C=O) groups excluding carboxylic acids is 1. The lowest BCUT2D eigenvalue weighted by atomic mass is 10.1. The van der Waals surface area contributed by atoms with Crippen LogP contribution in [0.15, 0.2) is 77.7 Å². The Hall–Kier alpha value is -3.32. The topological polar surface area (TPSA) is 84.5 Å². The molecule has 0 spiro atoms. The molecule has 0 aromatic heterocycles. The molecule has 0 aliphatic heterocycles. The number of aryl methyl sites for hydroxylation is 2. The van der Waals surface area contributed by atoms with Crippen LogP contribution in [0.25, 0.3) is 0 Å². The molecule has 0 aliphatic carbocycles. The summed E-state index contributed by atoms with van der Waals surface area (Å²) in [6.45, 7) is 2.11. The predicted octanol–water partition coefficient (Wildman–Crippen LogP) is 4.63. The fourth-order valence-corrected chi connectivity index (χ4v) is 4.09. The fourth-order valence-electron chi connectivity index (χ4n) is 3.04. The number of nitrogens with one attached hydrogen (secondary N) is 2. The minimum atomic E-state index is -3.75. The molecule has 2 N–H and O–H groups in total. The number of sulfonamides is 1. The van der Waals surface area contributed by atoms with E-state index in [4.69, 9.17) is 4.74 Å². The fraction of sp³-hybridized carbons (Fsp3) is 0.208. The molecule has 0 unspecified atom stereocenters. The van der Waals surface area contributed by atoms with E-state index >= 15 is 0 Å². The van der Waals surface area contributed by atoms with Gasteiger partial charge in [0.15, 0.2) is 0 Å². The highest BCUT2D eigenvalue weighted by molar-refractivity contribution is 7.92. The molecule has 7 heteroatoms. The minimum Gasteiger partial charge on any atom is -0.497 e. The van der Waals surface area contributed by atoms with Crippen LogP contribution in [-0.2, 0) is 27.7 Å². The van der Waals surface area contributed by atoms with Gasteiger partial charge < -0.3 is 10.1 Å². The van der Waals surface area contributed by atoms with Crippen LogP contribution in [0.1, 0.15) is 24.5 Å². The van der Waals surface area contributed by atoms with Gasteiger partial charge in [-0.25, -0.2) is 8.42 Å². The molecule has 3 aromatic carbocycles. The number of carbonyl (C=O) groups is 1. The smallest absolute Gasteiger partial charge is 0.261 e. The molecule has 3 rings (SSSR count). The summed E-state index contributed by atoms with van der Waals surface area (Å²) in [5.74, 6) is 0.434. The lowest BCUT2D eigenvalue weighted by Crippen LogP contribution is -2.14. The number of anilines is 2. The van der Waals surface area contributed by atoms with E-state index < -0.39 is 10.0 Å². The van der Waals surface area contributed by atoms with Crippen LogP contribution in [0.3, 0.4) is 0 Å². The molecule has 0 saturated carbocycles. The maximum Gasteiger partial charge on any atom is 0.261 e. The van der Waals surface area contributed by atoms with Crippen LogP contribution in [-0.4, -0.2) is 21.4 Å². The van der Waals surface area contributed by atoms with E-state index in [9.17, 15) is 13.2 Å². The molecular formula is C24H26N2O4S. The third-order valence-electron chi connectivity index (χ3n) is 4.84. The van der Waals surface area contributed by atoms with Crippen molar-refractivity contribution in [3.05, 3.63) is 83.9 Å². The molecule has 0 aliphatic rings. The van der Waals surface area contributed by atoms with Crippen LogP contribution < -0.4 is 14.8 Å². The first-order chi connectivity index (χ1) is 14.9. The van der Waals surface area contributed by atoms with E-state index in [2.05, 4.69) is 29.1 Å². The van der Waals surface area contributed by atoms with Crippen LogP contribution in [0, 0.1) is 0 Å². The second-order valence-corrected chi connectivity index (χ2v) is 8.76. The Labute approximate surface area is 183 Å². The number of ether oxygens (including phenoxy) is 1. The maximum absolute atomic E-state index is 12.6. The van der Waals surface area contributed by atoms with Crippen LogP contribution in [0.4, 0.5) is 11.4 Å². The van der Waals surface area contributed by atoms with Crippen molar-refractivity contribution < 1.29 is 17.9 Å². The quantitative estimate of drug-likeness (QED) is 0.510. The number of amides is 1. The van der Waals surface area contributed by atoms with Crippen molar-refractivity contribution in [3.63, 3.8) is 0 Å². The first-order valence-corrected chi connectivity index (χ1v) is 11.5. The van der Waals surface area contributed by atoms with Crippen molar-refractivity contribution >= 4 is 27.3 Å². The summed E-state index contributed by atoms with van der Waals surface area (Å²) in [6, 6.07) is 21.0. The zero-order chi connectivity index (χ0) is 22.3. The van der Waals surface area contributed by atoms with E-state index in [1.165, 1.54) is 24.8 Å². The standard InChI is InChI=1S/C24H26N2O4S/c1-3-18-7-9-19(10-8-18)11-16-24(27)25-20-12-14-23(15-13-20)31(28,29)26-21-5-4-6-22(17-21)30-2/h4-10,12-15,17,26H,3,11,16H2,1-2H3,(H,25,27). The Kier molecular flexibility index (Phi) is 7.31. The number of rotatable bonds is 9. The van der Waals surface area contributed by atoms with Crippen LogP contribution >= 0.6 is 0 Å². The molecule has 3 aromatic rings. The van der Waals surface area contributed by atoms with Gasteiger partial charge in [0.2, 0.25) is 5.91 Å². The first-order valence-electron chi connectivity index (χ1n) is 10.0. The highest BCUT2D eigenvalue weighted by atomic mass is 32.2. The Morgan fingerprint density at radius 1 is 0.903 bits per heavy atom. The van der Waals surface area contributed by atoms with Crippen molar-refractivity contribution in [3.8, 4) is 5.75 Å². The molecule has 0 bridgehead atoms. The zero-order valence-corrected chi connectivity index (χ0v) is 18.4. The Balaban J connectivity index is 1.57. The number of methoxy groups -OCH3 is 1. The van der Waals surface area contributed by atoms with Crippen molar-refractivity contribution in [2.45, 2.75) is 31.1 Å². The molecule has 162 valence electrons. The van der Waals surface area contributed by atoms with Gasteiger partial charge >= 0.3 is 0 Å². The van der Waals surface area contributed by atoms with E-state index in [0.717, 1.165) is 12.0 Å². The van der Waals surface area contributed by atoms with E-state index in [-0.39, 0.29) is 10.8 Å². The van der Waals surface area contributed by atoms with Gasteiger partial charge in [-0.3, -0.25) is 9.52 Å². The molecule has 0 heterocycles. The molecular weight excluding hydrogens is 412 g/mol. The third kappa shape index (κ3) is 6.33. The Morgan fingerprint density at radius 3 is 2.23 bits per heavy atom.